The first-order valence-electron chi connectivity index (χ1n) is 3.32. The fourth-order valence-corrected chi connectivity index (χ4v) is 1.19. The van der Waals surface area contributed by atoms with Crippen LogP contribution in [0.1, 0.15) is 18.5 Å². The molecule has 0 radical (unpaired) electrons. The second kappa shape index (κ2) is 4.80. The van der Waals surface area contributed by atoms with Crippen LogP contribution < -0.4 is 5.73 Å². The van der Waals surface area contributed by atoms with Gasteiger partial charge in [0.2, 0.25) is 0 Å². The maximum absolute atomic E-state index is 12.7. The van der Waals surface area contributed by atoms with Gasteiger partial charge in [-0.3, -0.25) is 0 Å². The molecule has 12 heavy (non-hydrogen) atoms. The van der Waals surface area contributed by atoms with Gasteiger partial charge in [-0.25, -0.2) is 4.39 Å². The molecule has 1 atom stereocenters. The maximum Gasteiger partial charge on any atom is 0.137 e. The molecular formula is C8H10BrClFN. The molecule has 1 nitrogen and oxygen atoms in total. The lowest BCUT2D eigenvalue weighted by atomic mass is 10.1. The maximum atomic E-state index is 12.7. The van der Waals surface area contributed by atoms with E-state index in [1.54, 1.807) is 12.1 Å². The fraction of sp³-hybridized carbons (Fsp3) is 0.250. The Morgan fingerprint density at radius 2 is 2.08 bits per heavy atom. The van der Waals surface area contributed by atoms with Crippen molar-refractivity contribution >= 4 is 28.3 Å². The van der Waals surface area contributed by atoms with Crippen LogP contribution in [0.2, 0.25) is 0 Å². The van der Waals surface area contributed by atoms with E-state index in [9.17, 15) is 4.39 Å². The molecule has 0 fully saturated rings. The summed E-state index contributed by atoms with van der Waals surface area (Å²) in [5.41, 5.74) is 6.52. The van der Waals surface area contributed by atoms with Gasteiger partial charge in [-0.2, -0.15) is 0 Å². The Hall–Kier alpha value is -0.120. The molecule has 1 aromatic carbocycles. The summed E-state index contributed by atoms with van der Waals surface area (Å²) in [5.74, 6) is -0.255. The minimum atomic E-state index is -0.255. The lowest BCUT2D eigenvalue weighted by Gasteiger charge is -2.05. The molecular weight excluding hydrogens is 244 g/mol. The number of halogens is 3. The van der Waals surface area contributed by atoms with E-state index in [1.807, 2.05) is 6.92 Å². The normalized spacial score (nSPS) is 12.0. The molecule has 2 N–H and O–H groups in total. The van der Waals surface area contributed by atoms with E-state index in [-0.39, 0.29) is 24.3 Å². The van der Waals surface area contributed by atoms with E-state index in [1.165, 1.54) is 6.07 Å². The fourth-order valence-electron chi connectivity index (χ4n) is 0.796. The van der Waals surface area contributed by atoms with Crippen molar-refractivity contribution in [2.24, 2.45) is 5.73 Å². The van der Waals surface area contributed by atoms with Gasteiger partial charge in [-0.05, 0) is 40.5 Å². The Bertz CT molecular complexity index is 265. The molecule has 0 unspecified atom stereocenters. The summed E-state index contributed by atoms with van der Waals surface area (Å²) >= 11 is 3.08. The third kappa shape index (κ3) is 2.73. The van der Waals surface area contributed by atoms with E-state index in [0.717, 1.165) is 5.56 Å². The summed E-state index contributed by atoms with van der Waals surface area (Å²) in [7, 11) is 0. The van der Waals surface area contributed by atoms with Crippen LogP contribution >= 0.6 is 28.3 Å². The van der Waals surface area contributed by atoms with Crippen LogP contribution in [0.15, 0.2) is 22.7 Å². The first kappa shape index (κ1) is 11.9. The van der Waals surface area contributed by atoms with E-state index in [2.05, 4.69) is 15.9 Å². The Morgan fingerprint density at radius 3 is 2.50 bits per heavy atom. The molecule has 0 saturated heterocycles. The third-order valence-corrected chi connectivity index (χ3v) is 2.08. The Kier molecular flexibility index (Phi) is 4.75. The minimum Gasteiger partial charge on any atom is -0.324 e. The number of hydrogen-bond acceptors (Lipinski definition) is 1. The molecule has 1 rings (SSSR count). The molecule has 0 spiro atoms. The van der Waals surface area contributed by atoms with E-state index < -0.39 is 0 Å². The Balaban J connectivity index is 0.00000121. The zero-order valence-electron chi connectivity index (χ0n) is 6.55. The molecule has 0 saturated carbocycles. The van der Waals surface area contributed by atoms with Gasteiger partial charge in [0.25, 0.3) is 0 Å². The number of rotatable bonds is 1. The highest BCUT2D eigenvalue weighted by Gasteiger charge is 2.02. The molecule has 0 amide bonds. The molecule has 0 aromatic heterocycles. The number of hydrogen-bond donors (Lipinski definition) is 1. The van der Waals surface area contributed by atoms with Crippen molar-refractivity contribution in [1.82, 2.24) is 0 Å². The second-order valence-electron chi connectivity index (χ2n) is 2.46. The predicted molar refractivity (Wildman–Crippen MR) is 54.0 cm³/mol. The standard InChI is InChI=1S/C8H9BrFN.ClH/c1-5(11)6-2-3-8(10)7(9)4-6;/h2-5H,11H2,1H3;1H/t5-;/m0./s1. The Morgan fingerprint density at radius 1 is 1.50 bits per heavy atom. The summed E-state index contributed by atoms with van der Waals surface area (Å²) in [6.07, 6.45) is 0. The van der Waals surface area contributed by atoms with Crippen molar-refractivity contribution < 1.29 is 4.39 Å². The average Bonchev–Trinajstić information content (AvgIpc) is 1.94. The van der Waals surface area contributed by atoms with Gasteiger partial charge in [0.05, 0.1) is 4.47 Å². The molecule has 0 bridgehead atoms. The van der Waals surface area contributed by atoms with Crippen LogP contribution in [-0.4, -0.2) is 0 Å². The zero-order valence-corrected chi connectivity index (χ0v) is 8.95. The van der Waals surface area contributed by atoms with Crippen molar-refractivity contribution in [3.63, 3.8) is 0 Å². The molecule has 0 aliphatic carbocycles. The van der Waals surface area contributed by atoms with Crippen molar-refractivity contribution in [3.8, 4) is 0 Å². The second-order valence-corrected chi connectivity index (χ2v) is 3.32. The van der Waals surface area contributed by atoms with Gasteiger partial charge in [-0.1, -0.05) is 6.07 Å². The topological polar surface area (TPSA) is 26.0 Å². The van der Waals surface area contributed by atoms with Gasteiger partial charge in [0.15, 0.2) is 0 Å². The van der Waals surface area contributed by atoms with Gasteiger partial charge in [0.1, 0.15) is 5.82 Å². The highest BCUT2D eigenvalue weighted by atomic mass is 79.9. The molecule has 68 valence electrons. The summed E-state index contributed by atoms with van der Waals surface area (Å²) in [6.45, 7) is 1.86. The van der Waals surface area contributed by atoms with Crippen molar-refractivity contribution in [1.29, 1.82) is 0 Å². The van der Waals surface area contributed by atoms with E-state index in [0.29, 0.717) is 4.47 Å². The van der Waals surface area contributed by atoms with Gasteiger partial charge in [-0.15, -0.1) is 12.4 Å². The quantitative estimate of drug-likeness (QED) is 0.819. The Labute approximate surface area is 85.7 Å². The van der Waals surface area contributed by atoms with Crippen molar-refractivity contribution in [2.75, 3.05) is 0 Å². The number of nitrogens with two attached hydrogens (primary N) is 1. The molecule has 0 aliphatic heterocycles. The lowest BCUT2D eigenvalue weighted by molar-refractivity contribution is 0.619. The van der Waals surface area contributed by atoms with Crippen molar-refractivity contribution in [2.45, 2.75) is 13.0 Å². The van der Waals surface area contributed by atoms with Crippen LogP contribution in [0.3, 0.4) is 0 Å². The van der Waals surface area contributed by atoms with Crippen molar-refractivity contribution in [3.05, 3.63) is 34.1 Å². The lowest BCUT2D eigenvalue weighted by Crippen LogP contribution is -2.04. The van der Waals surface area contributed by atoms with Crippen LogP contribution in [0.5, 0.6) is 0 Å². The third-order valence-electron chi connectivity index (χ3n) is 1.47. The van der Waals surface area contributed by atoms with Crippen LogP contribution in [0, 0.1) is 5.82 Å². The van der Waals surface area contributed by atoms with E-state index in [4.69, 9.17) is 5.73 Å². The van der Waals surface area contributed by atoms with Gasteiger partial charge >= 0.3 is 0 Å². The minimum absolute atomic E-state index is 0. The molecule has 0 heterocycles. The highest BCUT2D eigenvalue weighted by Crippen LogP contribution is 2.19. The zero-order chi connectivity index (χ0) is 8.43. The summed E-state index contributed by atoms with van der Waals surface area (Å²) in [6, 6.07) is 4.74. The van der Waals surface area contributed by atoms with E-state index >= 15 is 0 Å². The first-order valence-corrected chi connectivity index (χ1v) is 4.11. The van der Waals surface area contributed by atoms with Crippen LogP contribution in [0.25, 0.3) is 0 Å². The molecule has 0 aliphatic rings. The summed E-state index contributed by atoms with van der Waals surface area (Å²) < 4.78 is 13.1. The van der Waals surface area contributed by atoms with Crippen LogP contribution in [-0.2, 0) is 0 Å². The van der Waals surface area contributed by atoms with Crippen LogP contribution in [0.4, 0.5) is 4.39 Å². The number of benzene rings is 1. The highest BCUT2D eigenvalue weighted by molar-refractivity contribution is 9.10. The SMILES string of the molecule is C[C@H](N)c1ccc(F)c(Br)c1.Cl. The largest absolute Gasteiger partial charge is 0.324 e. The monoisotopic (exact) mass is 253 g/mol. The van der Waals surface area contributed by atoms with Gasteiger partial charge in [0, 0.05) is 6.04 Å². The summed E-state index contributed by atoms with van der Waals surface area (Å²) in [4.78, 5) is 0. The molecule has 4 heteroatoms. The first-order chi connectivity index (χ1) is 5.11. The predicted octanol–water partition coefficient (Wildman–Crippen LogP) is 3.03. The average molecular weight is 255 g/mol. The smallest absolute Gasteiger partial charge is 0.137 e. The summed E-state index contributed by atoms with van der Waals surface area (Å²) in [5, 5.41) is 0. The van der Waals surface area contributed by atoms with Gasteiger partial charge < -0.3 is 5.73 Å². The molecule has 1 aromatic rings.